The lowest BCUT2D eigenvalue weighted by atomic mass is 10.2. The zero-order valence-corrected chi connectivity index (χ0v) is 14.1. The molecule has 5 nitrogen and oxygen atoms in total. The number of nitrogens with one attached hydrogen (secondary N) is 2. The summed E-state index contributed by atoms with van der Waals surface area (Å²) >= 11 is 5.17. The highest BCUT2D eigenvalue weighted by atomic mass is 32.1. The van der Waals surface area contributed by atoms with Crippen LogP contribution in [-0.4, -0.2) is 24.7 Å². The van der Waals surface area contributed by atoms with E-state index in [0.29, 0.717) is 23.7 Å². The van der Waals surface area contributed by atoms with Gasteiger partial charge in [0.05, 0.1) is 7.11 Å². The molecule has 0 heterocycles. The van der Waals surface area contributed by atoms with E-state index >= 15 is 0 Å². The molecule has 2 aromatic carbocycles. The largest absolute Gasteiger partial charge is 0.497 e. The summed E-state index contributed by atoms with van der Waals surface area (Å²) in [5.41, 5.74) is 1.21. The first kappa shape index (κ1) is 17.5. The smallest absolute Gasteiger partial charge is 0.257 e. The first-order valence-corrected chi connectivity index (χ1v) is 7.63. The second-order valence-electron chi connectivity index (χ2n) is 4.76. The fourth-order valence-electron chi connectivity index (χ4n) is 1.90. The van der Waals surface area contributed by atoms with E-state index in [-0.39, 0.29) is 11.0 Å². The minimum Gasteiger partial charge on any atom is -0.497 e. The van der Waals surface area contributed by atoms with Gasteiger partial charge in [-0.05, 0) is 48.6 Å². The van der Waals surface area contributed by atoms with Gasteiger partial charge in [-0.2, -0.15) is 0 Å². The van der Waals surface area contributed by atoms with E-state index in [1.165, 1.54) is 0 Å². The van der Waals surface area contributed by atoms with Crippen molar-refractivity contribution >= 4 is 28.9 Å². The quantitative estimate of drug-likeness (QED) is 0.622. The maximum Gasteiger partial charge on any atom is 0.257 e. The van der Waals surface area contributed by atoms with Crippen molar-refractivity contribution in [2.75, 3.05) is 19.0 Å². The van der Waals surface area contributed by atoms with Gasteiger partial charge < -0.3 is 14.8 Å². The van der Waals surface area contributed by atoms with E-state index in [9.17, 15) is 4.79 Å². The molecule has 0 bridgehead atoms. The summed E-state index contributed by atoms with van der Waals surface area (Å²) in [4.78, 5) is 12.1. The molecule has 0 aliphatic carbocycles. The maximum atomic E-state index is 12.1. The van der Waals surface area contributed by atoms with E-state index in [2.05, 4.69) is 17.2 Å². The second kappa shape index (κ2) is 8.69. The van der Waals surface area contributed by atoms with Gasteiger partial charge in [0.1, 0.15) is 18.1 Å². The topological polar surface area (TPSA) is 59.6 Å². The number of ether oxygens (including phenoxy) is 2. The fraction of sp³-hybridized carbons (Fsp3) is 0.111. The van der Waals surface area contributed by atoms with Crippen molar-refractivity contribution in [2.24, 2.45) is 0 Å². The highest BCUT2D eigenvalue weighted by Crippen LogP contribution is 2.17. The maximum absolute atomic E-state index is 12.1. The highest BCUT2D eigenvalue weighted by Gasteiger charge is 2.08. The van der Waals surface area contributed by atoms with Gasteiger partial charge in [0.2, 0.25) is 0 Å². The normalized spacial score (nSPS) is 9.71. The van der Waals surface area contributed by atoms with Crippen molar-refractivity contribution in [2.45, 2.75) is 0 Å². The van der Waals surface area contributed by atoms with E-state index in [0.717, 1.165) is 5.69 Å². The van der Waals surface area contributed by atoms with Gasteiger partial charge in [-0.3, -0.25) is 10.1 Å². The van der Waals surface area contributed by atoms with Crippen molar-refractivity contribution in [1.82, 2.24) is 5.32 Å². The Hall–Kier alpha value is -2.86. The van der Waals surface area contributed by atoms with Crippen LogP contribution in [0.2, 0.25) is 0 Å². The van der Waals surface area contributed by atoms with Crippen LogP contribution in [0, 0.1) is 0 Å². The molecule has 0 saturated carbocycles. The molecule has 0 saturated heterocycles. The minimum atomic E-state index is -0.297. The number of carbonyl (C=O) groups is 1. The first-order chi connectivity index (χ1) is 11.6. The fourth-order valence-corrected chi connectivity index (χ4v) is 2.11. The molecule has 0 aromatic heterocycles. The molecule has 2 N–H and O–H groups in total. The molecule has 2 aromatic rings. The second-order valence-corrected chi connectivity index (χ2v) is 5.17. The Labute approximate surface area is 146 Å². The van der Waals surface area contributed by atoms with Gasteiger partial charge in [-0.1, -0.05) is 18.7 Å². The lowest BCUT2D eigenvalue weighted by Crippen LogP contribution is -2.34. The number of thiocarbonyl (C=S) groups is 1. The molecule has 0 atom stereocenters. The molecule has 2 rings (SSSR count). The lowest BCUT2D eigenvalue weighted by Gasteiger charge is -2.11. The Balaban J connectivity index is 1.94. The van der Waals surface area contributed by atoms with Crippen molar-refractivity contribution < 1.29 is 14.3 Å². The number of hydrogen-bond donors (Lipinski definition) is 2. The van der Waals surface area contributed by atoms with Crippen molar-refractivity contribution in [3.8, 4) is 11.5 Å². The van der Waals surface area contributed by atoms with Crippen LogP contribution in [0.15, 0.2) is 61.2 Å². The molecule has 1 amide bonds. The van der Waals surface area contributed by atoms with Crippen LogP contribution in [0.1, 0.15) is 10.4 Å². The van der Waals surface area contributed by atoms with Gasteiger partial charge in [0.15, 0.2) is 5.11 Å². The first-order valence-electron chi connectivity index (χ1n) is 7.22. The van der Waals surface area contributed by atoms with Crippen LogP contribution in [0.5, 0.6) is 11.5 Å². The Morgan fingerprint density at radius 3 is 2.62 bits per heavy atom. The van der Waals surface area contributed by atoms with Gasteiger partial charge in [0, 0.05) is 17.3 Å². The third kappa shape index (κ3) is 5.10. The average molecular weight is 342 g/mol. The zero-order chi connectivity index (χ0) is 17.4. The van der Waals surface area contributed by atoms with E-state index in [1.807, 2.05) is 18.2 Å². The van der Waals surface area contributed by atoms with Crippen LogP contribution >= 0.6 is 12.2 Å². The summed E-state index contributed by atoms with van der Waals surface area (Å²) in [7, 11) is 1.57. The van der Waals surface area contributed by atoms with Gasteiger partial charge in [0.25, 0.3) is 5.91 Å². The number of benzene rings is 2. The monoisotopic (exact) mass is 342 g/mol. The molecule has 0 unspecified atom stereocenters. The van der Waals surface area contributed by atoms with Gasteiger partial charge in [-0.25, -0.2) is 0 Å². The third-order valence-electron chi connectivity index (χ3n) is 3.04. The standard InChI is InChI=1S/C18H18N2O3S/c1-3-11-23-16-6-4-5-14(12-16)19-18(24)20-17(21)13-7-9-15(22-2)10-8-13/h3-10,12H,1,11H2,2H3,(H2,19,20,21,24). The van der Waals surface area contributed by atoms with E-state index < -0.39 is 0 Å². The highest BCUT2D eigenvalue weighted by molar-refractivity contribution is 7.80. The molecule has 24 heavy (non-hydrogen) atoms. The summed E-state index contributed by atoms with van der Waals surface area (Å²) in [5.74, 6) is 1.07. The van der Waals surface area contributed by atoms with Gasteiger partial charge in [-0.15, -0.1) is 0 Å². The van der Waals surface area contributed by atoms with Crippen molar-refractivity contribution in [3.63, 3.8) is 0 Å². The molecule has 0 radical (unpaired) electrons. The Bertz CT molecular complexity index is 729. The van der Waals surface area contributed by atoms with Crippen LogP contribution in [0.25, 0.3) is 0 Å². The Morgan fingerprint density at radius 2 is 1.96 bits per heavy atom. The SMILES string of the molecule is C=CCOc1cccc(NC(=S)NC(=O)c2ccc(OC)cc2)c1. The molecule has 0 fully saturated rings. The predicted octanol–water partition coefficient (Wildman–Crippen LogP) is 3.39. The molecule has 0 aliphatic rings. The molecular weight excluding hydrogens is 324 g/mol. The molecule has 124 valence electrons. The zero-order valence-electron chi connectivity index (χ0n) is 13.2. The number of amides is 1. The minimum absolute atomic E-state index is 0.205. The number of carbonyl (C=O) groups excluding carboxylic acids is 1. The number of rotatable bonds is 6. The Morgan fingerprint density at radius 1 is 1.21 bits per heavy atom. The summed E-state index contributed by atoms with van der Waals surface area (Å²) in [6, 6.07) is 14.0. The van der Waals surface area contributed by atoms with Crippen LogP contribution in [0.4, 0.5) is 5.69 Å². The van der Waals surface area contributed by atoms with Crippen LogP contribution in [-0.2, 0) is 0 Å². The van der Waals surface area contributed by atoms with Crippen molar-refractivity contribution in [3.05, 3.63) is 66.7 Å². The molecule has 0 aliphatic heterocycles. The van der Waals surface area contributed by atoms with Crippen LogP contribution < -0.4 is 20.1 Å². The predicted molar refractivity (Wildman–Crippen MR) is 98.8 cm³/mol. The van der Waals surface area contributed by atoms with Crippen molar-refractivity contribution in [1.29, 1.82) is 0 Å². The third-order valence-corrected chi connectivity index (χ3v) is 3.24. The average Bonchev–Trinajstić information content (AvgIpc) is 2.60. The van der Waals surface area contributed by atoms with E-state index in [1.54, 1.807) is 43.5 Å². The summed E-state index contributed by atoms with van der Waals surface area (Å²) in [6.07, 6.45) is 1.67. The van der Waals surface area contributed by atoms with Gasteiger partial charge >= 0.3 is 0 Å². The van der Waals surface area contributed by atoms with Crippen LogP contribution in [0.3, 0.4) is 0 Å². The summed E-state index contributed by atoms with van der Waals surface area (Å²) in [6.45, 7) is 4.02. The number of hydrogen-bond acceptors (Lipinski definition) is 4. The summed E-state index contributed by atoms with van der Waals surface area (Å²) < 4.78 is 10.5. The molecular formula is C18H18N2O3S. The summed E-state index contributed by atoms with van der Waals surface area (Å²) in [5, 5.41) is 5.78. The van der Waals surface area contributed by atoms with E-state index in [4.69, 9.17) is 21.7 Å². The Kier molecular flexibility index (Phi) is 6.33. The number of methoxy groups -OCH3 is 1. The molecule has 0 spiro atoms. The number of anilines is 1. The lowest BCUT2D eigenvalue weighted by molar-refractivity contribution is 0.0977. The molecule has 6 heteroatoms.